The highest BCUT2D eigenvalue weighted by molar-refractivity contribution is 6.31. The summed E-state index contributed by atoms with van der Waals surface area (Å²) in [6.07, 6.45) is 4.10. The number of nitrogens with zero attached hydrogens (tertiary/aromatic N) is 2. The molecule has 2 heterocycles. The molecule has 0 spiro atoms. The zero-order valence-electron chi connectivity index (χ0n) is 17.2. The smallest absolute Gasteiger partial charge is 0.310 e. The Labute approximate surface area is 178 Å². The quantitative estimate of drug-likeness (QED) is 0.654. The number of halogens is 1. The molecule has 0 saturated carbocycles. The first-order valence-corrected chi connectivity index (χ1v) is 11.1. The molecule has 2 aliphatic rings. The lowest BCUT2D eigenvalue weighted by molar-refractivity contribution is -0.150. The van der Waals surface area contributed by atoms with Crippen LogP contribution in [0.4, 0.5) is 0 Å². The number of nitrogens with one attached hydrogen (secondary N) is 1. The van der Waals surface area contributed by atoms with Crippen molar-refractivity contribution in [2.75, 3.05) is 45.9 Å². The number of amides is 1. The molecule has 1 aromatic rings. The van der Waals surface area contributed by atoms with Crippen molar-refractivity contribution in [1.29, 1.82) is 0 Å². The van der Waals surface area contributed by atoms with E-state index in [4.69, 9.17) is 16.3 Å². The van der Waals surface area contributed by atoms with Crippen LogP contribution in [0.1, 0.15) is 44.2 Å². The van der Waals surface area contributed by atoms with Crippen LogP contribution in [0.2, 0.25) is 5.02 Å². The Balaban J connectivity index is 1.55. The molecule has 1 N–H and O–H groups in total. The Morgan fingerprint density at radius 1 is 1.21 bits per heavy atom. The van der Waals surface area contributed by atoms with Gasteiger partial charge in [-0.1, -0.05) is 29.8 Å². The van der Waals surface area contributed by atoms with Crippen molar-refractivity contribution in [2.24, 2.45) is 5.92 Å². The molecule has 0 aliphatic carbocycles. The number of carbonyl (C=O) groups excluding carboxylic acids is 2. The maximum atomic E-state index is 12.6. The summed E-state index contributed by atoms with van der Waals surface area (Å²) < 4.78 is 5.15. The summed E-state index contributed by atoms with van der Waals surface area (Å²) in [6.45, 7) is 6.55. The molecule has 1 amide bonds. The Bertz CT molecular complexity index is 694. The molecule has 7 heteroatoms. The minimum atomic E-state index is -0.148. The summed E-state index contributed by atoms with van der Waals surface area (Å²) in [7, 11) is 0. The van der Waals surface area contributed by atoms with E-state index < -0.39 is 0 Å². The lowest BCUT2D eigenvalue weighted by atomic mass is 9.98. The summed E-state index contributed by atoms with van der Waals surface area (Å²) >= 11 is 6.45. The van der Waals surface area contributed by atoms with E-state index in [9.17, 15) is 9.59 Å². The maximum Gasteiger partial charge on any atom is 0.310 e. The predicted molar refractivity (Wildman–Crippen MR) is 114 cm³/mol. The number of likely N-dealkylation sites (tertiary alicyclic amines) is 2. The van der Waals surface area contributed by atoms with Crippen LogP contribution >= 0.6 is 11.6 Å². The third kappa shape index (κ3) is 6.17. The molecule has 0 aromatic heterocycles. The second-order valence-corrected chi connectivity index (χ2v) is 8.32. The molecule has 0 unspecified atom stereocenters. The Morgan fingerprint density at radius 3 is 2.69 bits per heavy atom. The fraction of sp³-hybridized carbons (Fsp3) is 0.636. The number of carbonyl (C=O) groups is 2. The molecule has 0 radical (unpaired) electrons. The zero-order chi connectivity index (χ0) is 20.6. The molecule has 2 aliphatic heterocycles. The van der Waals surface area contributed by atoms with Crippen LogP contribution in [-0.4, -0.2) is 67.6 Å². The average Bonchev–Trinajstić information content (AvgIpc) is 3.24. The third-order valence-corrected chi connectivity index (χ3v) is 6.18. The molecule has 6 nitrogen and oxygen atoms in total. The molecule has 160 valence electrons. The predicted octanol–water partition coefficient (Wildman–Crippen LogP) is 2.87. The highest BCUT2D eigenvalue weighted by atomic mass is 35.5. The van der Waals surface area contributed by atoms with Crippen LogP contribution in [0, 0.1) is 5.92 Å². The van der Waals surface area contributed by atoms with Gasteiger partial charge in [0.05, 0.1) is 25.1 Å². The van der Waals surface area contributed by atoms with Gasteiger partial charge in [-0.3, -0.25) is 19.4 Å². The van der Waals surface area contributed by atoms with Crippen LogP contribution in [0.15, 0.2) is 24.3 Å². The minimum Gasteiger partial charge on any atom is -0.466 e. The van der Waals surface area contributed by atoms with Crippen LogP contribution in [0.3, 0.4) is 0 Å². The zero-order valence-corrected chi connectivity index (χ0v) is 18.0. The summed E-state index contributed by atoms with van der Waals surface area (Å²) in [5.74, 6) is -0.284. The second kappa shape index (κ2) is 11.0. The first-order valence-electron chi connectivity index (χ1n) is 10.7. The van der Waals surface area contributed by atoms with Gasteiger partial charge in [-0.25, -0.2) is 0 Å². The summed E-state index contributed by atoms with van der Waals surface area (Å²) in [5.41, 5.74) is 1.07. The van der Waals surface area contributed by atoms with Crippen LogP contribution in [-0.2, 0) is 14.3 Å². The van der Waals surface area contributed by atoms with E-state index in [0.717, 1.165) is 43.1 Å². The Morgan fingerprint density at radius 2 is 1.97 bits per heavy atom. The van der Waals surface area contributed by atoms with Crippen LogP contribution in [0.5, 0.6) is 0 Å². The van der Waals surface area contributed by atoms with Gasteiger partial charge in [0, 0.05) is 18.1 Å². The van der Waals surface area contributed by atoms with Gasteiger partial charge in [-0.15, -0.1) is 0 Å². The van der Waals surface area contributed by atoms with Crippen molar-refractivity contribution in [2.45, 2.75) is 38.6 Å². The van der Waals surface area contributed by atoms with Gasteiger partial charge < -0.3 is 10.1 Å². The van der Waals surface area contributed by atoms with E-state index in [-0.39, 0.29) is 23.8 Å². The maximum absolute atomic E-state index is 12.6. The number of hydrogen-bond acceptors (Lipinski definition) is 5. The van der Waals surface area contributed by atoms with Gasteiger partial charge in [-0.2, -0.15) is 0 Å². The van der Waals surface area contributed by atoms with E-state index in [1.807, 2.05) is 31.2 Å². The number of benzene rings is 1. The minimum absolute atomic E-state index is 0.00856. The fourth-order valence-electron chi connectivity index (χ4n) is 4.36. The van der Waals surface area contributed by atoms with Crippen molar-refractivity contribution in [3.05, 3.63) is 34.9 Å². The molecule has 2 saturated heterocycles. The normalized spacial score (nSPS) is 21.7. The first-order chi connectivity index (χ1) is 14.1. The SMILES string of the molecule is CCOC(=O)[C@H]1CCCN(CC(=O)NC[C@@H](c2ccccc2Cl)N2CCCC2)C1. The van der Waals surface area contributed by atoms with Gasteiger partial charge in [0.2, 0.25) is 5.91 Å². The number of ether oxygens (including phenoxy) is 1. The van der Waals surface area contributed by atoms with E-state index in [1.54, 1.807) is 0 Å². The lowest BCUT2D eigenvalue weighted by Crippen LogP contribution is -2.46. The Kier molecular flexibility index (Phi) is 8.33. The van der Waals surface area contributed by atoms with Crippen molar-refractivity contribution < 1.29 is 14.3 Å². The molecule has 3 rings (SSSR count). The standard InChI is InChI=1S/C22H32ClN3O3/c1-2-29-22(28)17-8-7-11-25(15-17)16-21(27)24-14-20(26-12-5-6-13-26)18-9-3-4-10-19(18)23/h3-4,9-10,17,20H,2,5-8,11-16H2,1H3,(H,24,27)/t17-,20-/m0/s1. The number of hydrogen-bond donors (Lipinski definition) is 1. The van der Waals surface area contributed by atoms with Crippen molar-refractivity contribution >= 4 is 23.5 Å². The van der Waals surface area contributed by atoms with E-state index in [1.165, 1.54) is 12.8 Å². The summed E-state index contributed by atoms with van der Waals surface area (Å²) in [6, 6.07) is 7.97. The molecule has 2 atom stereocenters. The summed E-state index contributed by atoms with van der Waals surface area (Å²) in [5, 5.41) is 3.85. The average molecular weight is 422 g/mol. The Hall–Kier alpha value is -1.63. The second-order valence-electron chi connectivity index (χ2n) is 7.91. The third-order valence-electron chi connectivity index (χ3n) is 5.83. The topological polar surface area (TPSA) is 61.9 Å². The molecule has 0 bridgehead atoms. The van der Waals surface area contributed by atoms with E-state index in [0.29, 0.717) is 26.2 Å². The number of esters is 1. The van der Waals surface area contributed by atoms with Gasteiger partial charge >= 0.3 is 5.97 Å². The fourth-order valence-corrected chi connectivity index (χ4v) is 4.62. The van der Waals surface area contributed by atoms with Crippen LogP contribution in [0.25, 0.3) is 0 Å². The van der Waals surface area contributed by atoms with Crippen molar-refractivity contribution in [1.82, 2.24) is 15.1 Å². The van der Waals surface area contributed by atoms with Gasteiger partial charge in [0.25, 0.3) is 0 Å². The highest BCUT2D eigenvalue weighted by Gasteiger charge is 2.29. The van der Waals surface area contributed by atoms with E-state index in [2.05, 4.69) is 15.1 Å². The summed E-state index contributed by atoms with van der Waals surface area (Å²) in [4.78, 5) is 29.1. The molecule has 1 aromatic carbocycles. The lowest BCUT2D eigenvalue weighted by Gasteiger charge is -2.32. The molecular formula is C22H32ClN3O3. The van der Waals surface area contributed by atoms with Crippen molar-refractivity contribution in [3.8, 4) is 0 Å². The number of piperidine rings is 1. The monoisotopic (exact) mass is 421 g/mol. The largest absolute Gasteiger partial charge is 0.466 e. The van der Waals surface area contributed by atoms with Crippen molar-refractivity contribution in [3.63, 3.8) is 0 Å². The molecule has 29 heavy (non-hydrogen) atoms. The van der Waals surface area contributed by atoms with Gasteiger partial charge in [-0.05, 0) is 63.9 Å². The molecule has 2 fully saturated rings. The van der Waals surface area contributed by atoms with E-state index >= 15 is 0 Å². The van der Waals surface area contributed by atoms with Crippen LogP contribution < -0.4 is 5.32 Å². The highest BCUT2D eigenvalue weighted by Crippen LogP contribution is 2.29. The first kappa shape index (κ1) is 22.1. The molecular weight excluding hydrogens is 390 g/mol. The number of rotatable bonds is 8. The van der Waals surface area contributed by atoms with Gasteiger partial charge in [0.1, 0.15) is 0 Å². The van der Waals surface area contributed by atoms with Gasteiger partial charge in [0.15, 0.2) is 0 Å².